The van der Waals surface area contributed by atoms with Crippen molar-refractivity contribution in [2.24, 2.45) is 0 Å². The monoisotopic (exact) mass is 231 g/mol. The number of aromatic nitrogens is 2. The molecule has 0 amide bonds. The van der Waals surface area contributed by atoms with Crippen LogP contribution in [0.2, 0.25) is 0 Å². The number of fused-ring (bicyclic) bond motifs is 1. The Kier molecular flexibility index (Phi) is 2.18. The number of hydrogen-bond donors (Lipinski definition) is 1. The summed E-state index contributed by atoms with van der Waals surface area (Å²) in [5.74, 6) is 1.94. The molecule has 0 saturated carbocycles. The number of anilines is 1. The Morgan fingerprint density at radius 2 is 1.88 bits per heavy atom. The van der Waals surface area contributed by atoms with Crippen LogP contribution in [-0.4, -0.2) is 16.8 Å². The molecule has 86 valence electrons. The Balaban J connectivity index is 1.83. The molecule has 0 spiro atoms. The fourth-order valence-corrected chi connectivity index (χ4v) is 1.42. The first-order valence-electron chi connectivity index (χ1n) is 4.96. The largest absolute Gasteiger partial charge is 0.454 e. The van der Waals surface area contributed by atoms with Crippen LogP contribution in [0.25, 0.3) is 0 Å². The molecule has 17 heavy (non-hydrogen) atoms. The maximum atomic E-state index is 5.48. The van der Waals surface area contributed by atoms with E-state index in [0.717, 1.165) is 0 Å². The molecule has 1 aliphatic heterocycles. The standard InChI is InChI=1S/C11H9N3O3/c12-7-4-13-11(14-5-7)17-8-1-2-9-10(3-8)16-6-15-9/h1-5H,6,12H2. The molecule has 0 atom stereocenters. The molecule has 3 rings (SSSR count). The van der Waals surface area contributed by atoms with Crippen molar-refractivity contribution < 1.29 is 14.2 Å². The van der Waals surface area contributed by atoms with E-state index in [1.807, 2.05) is 0 Å². The second-order valence-corrected chi connectivity index (χ2v) is 3.42. The molecule has 2 heterocycles. The van der Waals surface area contributed by atoms with E-state index in [1.54, 1.807) is 18.2 Å². The number of rotatable bonds is 2. The van der Waals surface area contributed by atoms with Crippen LogP contribution in [0, 0.1) is 0 Å². The summed E-state index contributed by atoms with van der Waals surface area (Å²) < 4.78 is 15.9. The van der Waals surface area contributed by atoms with E-state index < -0.39 is 0 Å². The van der Waals surface area contributed by atoms with Crippen LogP contribution in [0.4, 0.5) is 5.69 Å². The van der Waals surface area contributed by atoms with Gasteiger partial charge in [0, 0.05) is 6.07 Å². The summed E-state index contributed by atoms with van der Waals surface area (Å²) in [7, 11) is 0. The number of benzene rings is 1. The zero-order valence-electron chi connectivity index (χ0n) is 8.79. The Bertz CT molecular complexity index is 542. The average molecular weight is 231 g/mol. The third-order valence-corrected chi connectivity index (χ3v) is 2.20. The van der Waals surface area contributed by atoms with Crippen LogP contribution in [0.15, 0.2) is 30.6 Å². The molecule has 1 aromatic carbocycles. The Hall–Kier alpha value is -2.50. The molecule has 0 bridgehead atoms. The quantitative estimate of drug-likeness (QED) is 0.845. The predicted octanol–water partition coefficient (Wildman–Crippen LogP) is 1.58. The van der Waals surface area contributed by atoms with Gasteiger partial charge in [0.1, 0.15) is 5.75 Å². The van der Waals surface area contributed by atoms with Gasteiger partial charge in [0.2, 0.25) is 6.79 Å². The van der Waals surface area contributed by atoms with Gasteiger partial charge >= 0.3 is 6.01 Å². The van der Waals surface area contributed by atoms with Crippen molar-refractivity contribution in [2.75, 3.05) is 12.5 Å². The van der Waals surface area contributed by atoms with E-state index in [-0.39, 0.29) is 12.8 Å². The minimum Gasteiger partial charge on any atom is -0.454 e. The van der Waals surface area contributed by atoms with E-state index >= 15 is 0 Å². The minimum absolute atomic E-state index is 0.233. The normalized spacial score (nSPS) is 12.5. The molecule has 2 N–H and O–H groups in total. The van der Waals surface area contributed by atoms with Gasteiger partial charge in [-0.25, -0.2) is 9.97 Å². The summed E-state index contributed by atoms with van der Waals surface area (Å²) in [4.78, 5) is 7.87. The topological polar surface area (TPSA) is 79.5 Å². The highest BCUT2D eigenvalue weighted by atomic mass is 16.7. The van der Waals surface area contributed by atoms with E-state index in [1.165, 1.54) is 12.4 Å². The van der Waals surface area contributed by atoms with Gasteiger partial charge in [-0.3, -0.25) is 0 Å². The molecule has 2 aromatic rings. The molecule has 0 unspecified atom stereocenters. The van der Waals surface area contributed by atoms with Gasteiger partial charge < -0.3 is 19.9 Å². The lowest BCUT2D eigenvalue weighted by Crippen LogP contribution is -1.94. The van der Waals surface area contributed by atoms with Crippen LogP contribution in [-0.2, 0) is 0 Å². The van der Waals surface area contributed by atoms with Gasteiger partial charge in [-0.2, -0.15) is 0 Å². The second-order valence-electron chi connectivity index (χ2n) is 3.42. The van der Waals surface area contributed by atoms with Gasteiger partial charge in [0.25, 0.3) is 0 Å². The lowest BCUT2D eigenvalue weighted by atomic mass is 10.3. The van der Waals surface area contributed by atoms with E-state index in [2.05, 4.69) is 9.97 Å². The summed E-state index contributed by atoms with van der Waals surface area (Å²) >= 11 is 0. The van der Waals surface area contributed by atoms with E-state index in [0.29, 0.717) is 22.9 Å². The lowest BCUT2D eigenvalue weighted by molar-refractivity contribution is 0.174. The highest BCUT2D eigenvalue weighted by molar-refractivity contribution is 5.47. The summed E-state index contributed by atoms with van der Waals surface area (Å²) in [5.41, 5.74) is 5.97. The van der Waals surface area contributed by atoms with Gasteiger partial charge in [-0.1, -0.05) is 0 Å². The summed E-state index contributed by atoms with van der Waals surface area (Å²) in [6.45, 7) is 0.233. The fourth-order valence-electron chi connectivity index (χ4n) is 1.42. The Morgan fingerprint density at radius 3 is 2.71 bits per heavy atom. The van der Waals surface area contributed by atoms with Crippen molar-refractivity contribution in [1.29, 1.82) is 0 Å². The molecule has 6 nitrogen and oxygen atoms in total. The van der Waals surface area contributed by atoms with Crippen molar-refractivity contribution in [2.45, 2.75) is 0 Å². The maximum Gasteiger partial charge on any atom is 0.322 e. The zero-order valence-corrected chi connectivity index (χ0v) is 8.79. The Labute approximate surface area is 97.0 Å². The number of nitrogens with zero attached hydrogens (tertiary/aromatic N) is 2. The third-order valence-electron chi connectivity index (χ3n) is 2.20. The van der Waals surface area contributed by atoms with Crippen LogP contribution >= 0.6 is 0 Å². The van der Waals surface area contributed by atoms with Gasteiger partial charge in [0.15, 0.2) is 11.5 Å². The predicted molar refractivity (Wildman–Crippen MR) is 59.1 cm³/mol. The van der Waals surface area contributed by atoms with Crippen molar-refractivity contribution in [3.05, 3.63) is 30.6 Å². The summed E-state index contributed by atoms with van der Waals surface area (Å²) in [5, 5.41) is 0. The molecule has 0 fully saturated rings. The number of nitrogen functional groups attached to an aromatic ring is 1. The van der Waals surface area contributed by atoms with Crippen molar-refractivity contribution in [1.82, 2.24) is 9.97 Å². The van der Waals surface area contributed by atoms with E-state index in [9.17, 15) is 0 Å². The van der Waals surface area contributed by atoms with Crippen LogP contribution in [0.1, 0.15) is 0 Å². The van der Waals surface area contributed by atoms with E-state index in [4.69, 9.17) is 19.9 Å². The number of hydrogen-bond acceptors (Lipinski definition) is 6. The van der Waals surface area contributed by atoms with Crippen LogP contribution < -0.4 is 19.9 Å². The molecule has 0 aliphatic carbocycles. The Morgan fingerprint density at radius 1 is 1.12 bits per heavy atom. The molecule has 0 radical (unpaired) electrons. The fraction of sp³-hybridized carbons (Fsp3) is 0.0909. The highest BCUT2D eigenvalue weighted by Gasteiger charge is 2.14. The number of nitrogens with two attached hydrogens (primary N) is 1. The van der Waals surface area contributed by atoms with Crippen molar-refractivity contribution >= 4 is 5.69 Å². The highest BCUT2D eigenvalue weighted by Crippen LogP contribution is 2.35. The number of ether oxygens (including phenoxy) is 3. The van der Waals surface area contributed by atoms with Gasteiger partial charge in [-0.15, -0.1) is 0 Å². The molecule has 1 aliphatic rings. The maximum absolute atomic E-state index is 5.48. The van der Waals surface area contributed by atoms with Crippen molar-refractivity contribution in [3.63, 3.8) is 0 Å². The van der Waals surface area contributed by atoms with Gasteiger partial charge in [0.05, 0.1) is 18.1 Å². The zero-order chi connectivity index (χ0) is 11.7. The lowest BCUT2D eigenvalue weighted by Gasteiger charge is -2.04. The smallest absolute Gasteiger partial charge is 0.322 e. The summed E-state index contributed by atoms with van der Waals surface area (Å²) in [6, 6.07) is 5.49. The molecule has 1 aromatic heterocycles. The van der Waals surface area contributed by atoms with Crippen molar-refractivity contribution in [3.8, 4) is 23.3 Å². The molecular weight excluding hydrogens is 222 g/mol. The molecular formula is C11H9N3O3. The first-order chi connectivity index (χ1) is 8.31. The van der Waals surface area contributed by atoms with Crippen LogP contribution in [0.5, 0.6) is 23.3 Å². The first kappa shape index (κ1) is 9.71. The minimum atomic E-state index is 0.233. The SMILES string of the molecule is Nc1cnc(Oc2ccc3c(c2)OCO3)nc1. The average Bonchev–Trinajstić information content (AvgIpc) is 2.79. The molecule has 6 heteroatoms. The molecule has 0 saturated heterocycles. The second kappa shape index (κ2) is 3.82. The van der Waals surface area contributed by atoms with Gasteiger partial charge in [-0.05, 0) is 12.1 Å². The third kappa shape index (κ3) is 1.92. The first-order valence-corrected chi connectivity index (χ1v) is 4.96. The summed E-state index contributed by atoms with van der Waals surface area (Å²) in [6.07, 6.45) is 2.96. The van der Waals surface area contributed by atoms with Crippen LogP contribution in [0.3, 0.4) is 0 Å².